The summed E-state index contributed by atoms with van der Waals surface area (Å²) < 4.78 is 5.27. The van der Waals surface area contributed by atoms with E-state index in [9.17, 15) is 9.59 Å². The zero-order valence-corrected chi connectivity index (χ0v) is 10.6. The van der Waals surface area contributed by atoms with Gasteiger partial charge in [0.1, 0.15) is 5.60 Å². The molecule has 1 heterocycles. The van der Waals surface area contributed by atoms with E-state index in [0.29, 0.717) is 13.1 Å². The van der Waals surface area contributed by atoms with Crippen molar-refractivity contribution >= 4 is 12.0 Å². The summed E-state index contributed by atoms with van der Waals surface area (Å²) in [4.78, 5) is 24.0. The lowest BCUT2D eigenvalue weighted by molar-refractivity contribution is -0.113. The van der Waals surface area contributed by atoms with Crippen LogP contribution in [0.2, 0.25) is 0 Å². The minimum absolute atomic E-state index is 0.190. The van der Waals surface area contributed by atoms with E-state index in [2.05, 4.69) is 0 Å². The molecule has 0 aromatic carbocycles. The Morgan fingerprint density at radius 3 is 2.59 bits per heavy atom. The Kier molecular flexibility index (Phi) is 4.15. The molecule has 1 rings (SSSR count). The highest BCUT2D eigenvalue weighted by molar-refractivity contribution is 5.85. The average Bonchev–Trinajstić information content (AvgIpc) is 2.60. The summed E-state index contributed by atoms with van der Waals surface area (Å²) in [5.74, 6) is -0.268. The molecule has 0 spiro atoms. The molecule has 96 valence electrons. The minimum Gasteiger partial charge on any atom is -0.444 e. The first kappa shape index (κ1) is 13.5. The number of ether oxygens (including phenoxy) is 1. The average molecular weight is 240 g/mol. The van der Waals surface area contributed by atoms with Crippen LogP contribution in [-0.4, -0.2) is 35.6 Å². The normalized spacial score (nSPS) is 20.9. The largest absolute Gasteiger partial charge is 0.444 e. The Hall–Kier alpha value is -1.52. The second-order valence-corrected chi connectivity index (χ2v) is 5.24. The number of carbonyl (C=O) groups excluding carboxylic acids is 2. The number of likely N-dealkylation sites (tertiary alicyclic amines) is 1. The lowest BCUT2D eigenvalue weighted by atomic mass is 10.1. The predicted molar refractivity (Wildman–Crippen MR) is 64.2 cm³/mol. The van der Waals surface area contributed by atoms with E-state index in [1.807, 2.05) is 20.8 Å². The third kappa shape index (κ3) is 4.89. The first-order valence-corrected chi connectivity index (χ1v) is 5.73. The Morgan fingerprint density at radius 2 is 2.06 bits per heavy atom. The minimum atomic E-state index is -0.474. The molecule has 0 radical (unpaired) electrons. The van der Waals surface area contributed by atoms with Gasteiger partial charge in [0, 0.05) is 13.1 Å². The molecule has 2 N–H and O–H groups in total. The third-order valence-corrected chi connectivity index (χ3v) is 2.41. The topological polar surface area (TPSA) is 72.6 Å². The van der Waals surface area contributed by atoms with Gasteiger partial charge in [-0.05, 0) is 39.2 Å². The van der Waals surface area contributed by atoms with Crippen LogP contribution in [0.15, 0.2) is 12.2 Å². The van der Waals surface area contributed by atoms with Crippen LogP contribution in [0.3, 0.4) is 0 Å². The lowest BCUT2D eigenvalue weighted by Gasteiger charge is -2.24. The summed E-state index contributed by atoms with van der Waals surface area (Å²) >= 11 is 0. The van der Waals surface area contributed by atoms with Gasteiger partial charge in [-0.15, -0.1) is 0 Å². The van der Waals surface area contributed by atoms with Gasteiger partial charge < -0.3 is 15.4 Å². The fourth-order valence-corrected chi connectivity index (χ4v) is 1.67. The molecule has 1 fully saturated rings. The number of hydrogen-bond donors (Lipinski definition) is 1. The lowest BCUT2D eigenvalue weighted by Crippen LogP contribution is -2.35. The molecule has 1 aliphatic heterocycles. The van der Waals surface area contributed by atoms with E-state index in [1.54, 1.807) is 11.0 Å². The van der Waals surface area contributed by atoms with Crippen molar-refractivity contribution in [3.8, 4) is 0 Å². The monoisotopic (exact) mass is 240 g/mol. The molecule has 5 nitrogen and oxygen atoms in total. The smallest absolute Gasteiger partial charge is 0.410 e. The molecule has 0 aromatic rings. The van der Waals surface area contributed by atoms with Crippen LogP contribution in [-0.2, 0) is 9.53 Å². The molecule has 2 amide bonds. The molecular formula is C12H20N2O3. The number of hydrogen-bond acceptors (Lipinski definition) is 3. The quantitative estimate of drug-likeness (QED) is 0.739. The molecule has 1 aliphatic rings. The molecular weight excluding hydrogens is 220 g/mol. The third-order valence-electron chi connectivity index (χ3n) is 2.41. The van der Waals surface area contributed by atoms with Gasteiger partial charge in [0.25, 0.3) is 0 Å². The summed E-state index contributed by atoms with van der Waals surface area (Å²) in [5, 5.41) is 0. The summed E-state index contributed by atoms with van der Waals surface area (Å²) in [7, 11) is 0. The summed E-state index contributed by atoms with van der Waals surface area (Å²) in [6.45, 7) is 6.75. The van der Waals surface area contributed by atoms with Crippen LogP contribution in [0, 0.1) is 5.92 Å². The SMILES string of the molecule is CC(C)(C)OC(=O)N1CCC(/C=C\C(N)=O)C1. The second kappa shape index (κ2) is 5.21. The maximum atomic E-state index is 11.7. The molecule has 1 atom stereocenters. The first-order chi connectivity index (χ1) is 7.78. The Labute approximate surface area is 102 Å². The molecule has 0 saturated carbocycles. The fourth-order valence-electron chi connectivity index (χ4n) is 1.67. The van der Waals surface area contributed by atoms with Crippen LogP contribution in [0.5, 0.6) is 0 Å². The molecule has 0 bridgehead atoms. The van der Waals surface area contributed by atoms with E-state index < -0.39 is 11.5 Å². The summed E-state index contributed by atoms with van der Waals surface area (Å²) in [5.41, 5.74) is 4.54. The number of rotatable bonds is 2. The molecule has 1 unspecified atom stereocenters. The van der Waals surface area contributed by atoms with E-state index in [-0.39, 0.29) is 12.0 Å². The Bertz CT molecular complexity index is 331. The van der Waals surface area contributed by atoms with E-state index >= 15 is 0 Å². The molecule has 0 aromatic heterocycles. The molecule has 0 aliphatic carbocycles. The number of nitrogens with zero attached hydrogens (tertiary/aromatic N) is 1. The van der Waals surface area contributed by atoms with Crippen LogP contribution in [0.1, 0.15) is 27.2 Å². The summed E-state index contributed by atoms with van der Waals surface area (Å²) in [6, 6.07) is 0. The van der Waals surface area contributed by atoms with E-state index in [4.69, 9.17) is 10.5 Å². The number of amides is 2. The molecule has 5 heteroatoms. The number of nitrogens with two attached hydrogens (primary N) is 1. The van der Waals surface area contributed by atoms with Gasteiger partial charge in [-0.25, -0.2) is 4.79 Å². The maximum absolute atomic E-state index is 11.7. The van der Waals surface area contributed by atoms with Crippen molar-refractivity contribution in [3.63, 3.8) is 0 Å². The van der Waals surface area contributed by atoms with Gasteiger partial charge in [0.2, 0.25) is 5.91 Å². The van der Waals surface area contributed by atoms with Crippen molar-refractivity contribution in [2.24, 2.45) is 11.7 Å². The highest BCUT2D eigenvalue weighted by Gasteiger charge is 2.28. The second-order valence-electron chi connectivity index (χ2n) is 5.24. The number of primary amides is 1. The standard InChI is InChI=1S/C12H20N2O3/c1-12(2,3)17-11(16)14-7-6-9(8-14)4-5-10(13)15/h4-5,9H,6-8H2,1-3H3,(H2,13,15)/b5-4-. The molecule has 1 saturated heterocycles. The van der Waals surface area contributed by atoms with Gasteiger partial charge in [-0.3, -0.25) is 4.79 Å². The van der Waals surface area contributed by atoms with Gasteiger partial charge in [-0.2, -0.15) is 0 Å². The van der Waals surface area contributed by atoms with Gasteiger partial charge >= 0.3 is 6.09 Å². The van der Waals surface area contributed by atoms with Crippen LogP contribution in [0.25, 0.3) is 0 Å². The van der Waals surface area contributed by atoms with E-state index in [1.165, 1.54) is 6.08 Å². The summed E-state index contributed by atoms with van der Waals surface area (Å²) in [6.07, 6.45) is 3.64. The van der Waals surface area contributed by atoms with Crippen LogP contribution < -0.4 is 5.73 Å². The van der Waals surface area contributed by atoms with Gasteiger partial charge in [0.15, 0.2) is 0 Å². The van der Waals surface area contributed by atoms with Crippen molar-refractivity contribution in [3.05, 3.63) is 12.2 Å². The van der Waals surface area contributed by atoms with Gasteiger partial charge in [0.05, 0.1) is 0 Å². The highest BCUT2D eigenvalue weighted by atomic mass is 16.6. The van der Waals surface area contributed by atoms with Crippen molar-refractivity contribution in [2.75, 3.05) is 13.1 Å². The van der Waals surface area contributed by atoms with Crippen LogP contribution in [0.4, 0.5) is 4.79 Å². The number of carbonyl (C=O) groups is 2. The van der Waals surface area contributed by atoms with Crippen molar-refractivity contribution in [1.29, 1.82) is 0 Å². The van der Waals surface area contributed by atoms with Gasteiger partial charge in [-0.1, -0.05) is 6.08 Å². The zero-order chi connectivity index (χ0) is 13.1. The fraction of sp³-hybridized carbons (Fsp3) is 0.667. The van der Waals surface area contributed by atoms with E-state index in [0.717, 1.165) is 6.42 Å². The first-order valence-electron chi connectivity index (χ1n) is 5.73. The maximum Gasteiger partial charge on any atom is 0.410 e. The highest BCUT2D eigenvalue weighted by Crippen LogP contribution is 2.20. The van der Waals surface area contributed by atoms with Crippen LogP contribution >= 0.6 is 0 Å². The zero-order valence-electron chi connectivity index (χ0n) is 10.6. The Balaban J connectivity index is 2.45. The van der Waals surface area contributed by atoms with Crippen molar-refractivity contribution in [2.45, 2.75) is 32.8 Å². The molecule has 17 heavy (non-hydrogen) atoms. The predicted octanol–water partition coefficient (Wildman–Crippen LogP) is 1.28. The Morgan fingerprint density at radius 1 is 1.41 bits per heavy atom. The van der Waals surface area contributed by atoms with Crippen molar-refractivity contribution in [1.82, 2.24) is 4.90 Å². The van der Waals surface area contributed by atoms with Crippen molar-refractivity contribution < 1.29 is 14.3 Å².